The standard InChI is InChI=1S/C21H17N5O4/c1-29-19-8-7-15(11-23-25-13-18(12-24-25)26(27)28)10-17(19)14-30-20-6-2-4-16-5-3-9-22-21(16)20/h2-13H,14H2,1H3. The number of fused-ring (bicyclic) bond motifs is 1. The predicted molar refractivity (Wildman–Crippen MR) is 111 cm³/mol. The van der Waals surface area contributed by atoms with Gasteiger partial charge in [0.25, 0.3) is 0 Å². The summed E-state index contributed by atoms with van der Waals surface area (Å²) < 4.78 is 11.5. The second-order valence-corrected chi connectivity index (χ2v) is 6.31. The van der Waals surface area contributed by atoms with Crippen LogP contribution < -0.4 is 9.47 Å². The SMILES string of the molecule is COc1ccc(C=Nn2cc([N+](=O)[O-])cn2)cc1COc1cccc2cccnc12. The van der Waals surface area contributed by atoms with Crippen LogP contribution in [0, 0.1) is 10.1 Å². The first-order chi connectivity index (χ1) is 14.6. The summed E-state index contributed by atoms with van der Waals surface area (Å²) in [6.45, 7) is 0.272. The lowest BCUT2D eigenvalue weighted by Gasteiger charge is -2.12. The van der Waals surface area contributed by atoms with Crippen molar-refractivity contribution >= 4 is 22.8 Å². The first-order valence-corrected chi connectivity index (χ1v) is 9.01. The summed E-state index contributed by atoms with van der Waals surface area (Å²) in [7, 11) is 1.59. The van der Waals surface area contributed by atoms with Gasteiger partial charge in [-0.25, -0.2) is 0 Å². The van der Waals surface area contributed by atoms with Gasteiger partial charge in [-0.2, -0.15) is 15.0 Å². The van der Waals surface area contributed by atoms with Crippen LogP contribution in [0.15, 0.2) is 72.2 Å². The first kappa shape index (κ1) is 19.1. The molecule has 0 aliphatic rings. The smallest absolute Gasteiger partial charge is 0.309 e. The Balaban J connectivity index is 1.55. The molecule has 2 aromatic heterocycles. The zero-order chi connectivity index (χ0) is 20.9. The Bertz CT molecular complexity index is 1230. The number of nitro groups is 1. The van der Waals surface area contributed by atoms with E-state index < -0.39 is 4.92 Å². The quantitative estimate of drug-likeness (QED) is 0.264. The fraction of sp³-hybridized carbons (Fsp3) is 0.0952. The molecule has 0 radical (unpaired) electrons. The van der Waals surface area contributed by atoms with E-state index in [1.807, 2.05) is 48.5 Å². The van der Waals surface area contributed by atoms with Gasteiger partial charge in [0, 0.05) is 17.1 Å². The van der Waals surface area contributed by atoms with Gasteiger partial charge in [-0.05, 0) is 35.9 Å². The highest BCUT2D eigenvalue weighted by atomic mass is 16.6. The molecule has 0 saturated heterocycles. The molecule has 9 nitrogen and oxygen atoms in total. The molecule has 150 valence electrons. The van der Waals surface area contributed by atoms with Crippen molar-refractivity contribution in [2.24, 2.45) is 5.10 Å². The van der Waals surface area contributed by atoms with Gasteiger partial charge in [-0.15, -0.1) is 0 Å². The van der Waals surface area contributed by atoms with Gasteiger partial charge in [-0.1, -0.05) is 18.2 Å². The molecule has 0 atom stereocenters. The Kier molecular flexibility index (Phi) is 5.33. The number of ether oxygens (including phenoxy) is 2. The van der Waals surface area contributed by atoms with Crippen LogP contribution in [-0.4, -0.2) is 33.1 Å². The number of nitrogens with zero attached hydrogens (tertiary/aromatic N) is 5. The molecule has 0 aliphatic heterocycles. The van der Waals surface area contributed by atoms with Gasteiger partial charge in [0.2, 0.25) is 0 Å². The third kappa shape index (κ3) is 4.09. The maximum atomic E-state index is 10.7. The summed E-state index contributed by atoms with van der Waals surface area (Å²) in [6.07, 6.45) is 5.66. The number of hydrogen-bond donors (Lipinski definition) is 0. The Hall–Kier alpha value is -4.27. The van der Waals surface area contributed by atoms with Gasteiger partial charge in [0.05, 0.1) is 18.2 Å². The molecular formula is C21H17N5O4. The fourth-order valence-corrected chi connectivity index (χ4v) is 2.93. The third-order valence-corrected chi connectivity index (χ3v) is 4.38. The minimum absolute atomic E-state index is 0.125. The lowest BCUT2D eigenvalue weighted by atomic mass is 10.1. The summed E-state index contributed by atoms with van der Waals surface area (Å²) in [5.74, 6) is 1.35. The maximum Gasteiger partial charge on any atom is 0.309 e. The van der Waals surface area contributed by atoms with Gasteiger partial charge in [-0.3, -0.25) is 15.1 Å². The van der Waals surface area contributed by atoms with Gasteiger partial charge in [0.15, 0.2) is 0 Å². The van der Waals surface area contributed by atoms with Gasteiger partial charge < -0.3 is 9.47 Å². The van der Waals surface area contributed by atoms with Crippen molar-refractivity contribution in [3.63, 3.8) is 0 Å². The van der Waals surface area contributed by atoms with E-state index >= 15 is 0 Å². The van der Waals surface area contributed by atoms with Crippen LogP contribution in [0.3, 0.4) is 0 Å². The molecule has 0 saturated carbocycles. The van der Waals surface area contributed by atoms with E-state index in [-0.39, 0.29) is 12.3 Å². The fourth-order valence-electron chi connectivity index (χ4n) is 2.93. The molecule has 2 heterocycles. The Morgan fingerprint density at radius 3 is 2.87 bits per heavy atom. The molecule has 30 heavy (non-hydrogen) atoms. The van der Waals surface area contributed by atoms with Crippen molar-refractivity contribution in [1.29, 1.82) is 0 Å². The zero-order valence-corrected chi connectivity index (χ0v) is 16.0. The molecule has 0 aliphatic carbocycles. The summed E-state index contributed by atoms with van der Waals surface area (Å²) in [5.41, 5.74) is 2.25. The molecule has 9 heteroatoms. The average Bonchev–Trinajstić information content (AvgIpc) is 3.26. The molecule has 0 amide bonds. The summed E-state index contributed by atoms with van der Waals surface area (Å²) >= 11 is 0. The van der Waals surface area contributed by atoms with Gasteiger partial charge in [0.1, 0.15) is 36.0 Å². The van der Waals surface area contributed by atoms with E-state index in [0.717, 1.165) is 33.0 Å². The van der Waals surface area contributed by atoms with Crippen molar-refractivity contribution in [2.45, 2.75) is 6.61 Å². The van der Waals surface area contributed by atoms with Crippen molar-refractivity contribution in [2.75, 3.05) is 7.11 Å². The predicted octanol–water partition coefficient (Wildman–Crippen LogP) is 3.81. The van der Waals surface area contributed by atoms with E-state index in [2.05, 4.69) is 15.2 Å². The zero-order valence-electron chi connectivity index (χ0n) is 16.0. The highest BCUT2D eigenvalue weighted by molar-refractivity contribution is 5.84. The normalized spacial score (nSPS) is 11.1. The molecule has 0 fully saturated rings. The molecule has 0 spiro atoms. The number of pyridine rings is 1. The van der Waals surface area contributed by atoms with Crippen molar-refractivity contribution in [3.05, 3.63) is 88.4 Å². The van der Waals surface area contributed by atoms with Crippen LogP contribution in [0.25, 0.3) is 10.9 Å². The monoisotopic (exact) mass is 403 g/mol. The van der Waals surface area contributed by atoms with Crippen molar-refractivity contribution in [1.82, 2.24) is 14.9 Å². The molecule has 0 bridgehead atoms. The Labute approximate surface area is 171 Å². The first-order valence-electron chi connectivity index (χ1n) is 9.01. The number of methoxy groups -OCH3 is 1. The molecule has 0 unspecified atom stereocenters. The lowest BCUT2D eigenvalue weighted by molar-refractivity contribution is -0.385. The molecule has 4 aromatic rings. The Morgan fingerprint density at radius 2 is 2.07 bits per heavy atom. The largest absolute Gasteiger partial charge is 0.496 e. The van der Waals surface area contributed by atoms with Crippen LogP contribution in [0.2, 0.25) is 0 Å². The molecule has 0 N–H and O–H groups in total. The second-order valence-electron chi connectivity index (χ2n) is 6.31. The second kappa shape index (κ2) is 8.39. The van der Waals surface area contributed by atoms with Crippen LogP contribution in [0.5, 0.6) is 11.5 Å². The number of benzene rings is 2. The maximum absolute atomic E-state index is 10.7. The van der Waals surface area contributed by atoms with E-state index in [9.17, 15) is 10.1 Å². The molecule has 4 rings (SSSR count). The van der Waals surface area contributed by atoms with Crippen molar-refractivity contribution in [3.8, 4) is 11.5 Å². The highest BCUT2D eigenvalue weighted by Gasteiger charge is 2.09. The molecule has 2 aromatic carbocycles. The topological polar surface area (TPSA) is 105 Å². The number of rotatable bonds is 7. The van der Waals surface area contributed by atoms with E-state index in [1.54, 1.807) is 19.5 Å². The van der Waals surface area contributed by atoms with Gasteiger partial charge >= 0.3 is 5.69 Å². The highest BCUT2D eigenvalue weighted by Crippen LogP contribution is 2.26. The third-order valence-electron chi connectivity index (χ3n) is 4.38. The van der Waals surface area contributed by atoms with Crippen LogP contribution in [0.1, 0.15) is 11.1 Å². The number of para-hydroxylation sites is 1. The minimum atomic E-state index is -0.524. The van der Waals surface area contributed by atoms with E-state index in [4.69, 9.17) is 9.47 Å². The average molecular weight is 403 g/mol. The summed E-state index contributed by atoms with van der Waals surface area (Å²) in [5, 5.41) is 19.7. The summed E-state index contributed by atoms with van der Waals surface area (Å²) in [4.78, 5) is 15.8. The lowest BCUT2D eigenvalue weighted by Crippen LogP contribution is -2.01. The van der Waals surface area contributed by atoms with Crippen LogP contribution in [0.4, 0.5) is 5.69 Å². The molecular weight excluding hydrogens is 386 g/mol. The van der Waals surface area contributed by atoms with E-state index in [1.165, 1.54) is 6.20 Å². The Morgan fingerprint density at radius 1 is 1.20 bits per heavy atom. The van der Waals surface area contributed by atoms with Crippen LogP contribution in [-0.2, 0) is 6.61 Å². The number of aromatic nitrogens is 3. The summed E-state index contributed by atoms with van der Waals surface area (Å²) in [6, 6.07) is 15.1. The van der Waals surface area contributed by atoms with Crippen LogP contribution >= 0.6 is 0 Å². The van der Waals surface area contributed by atoms with E-state index in [0.29, 0.717) is 11.5 Å². The number of hydrogen-bond acceptors (Lipinski definition) is 7. The van der Waals surface area contributed by atoms with Crippen molar-refractivity contribution < 1.29 is 14.4 Å². The minimum Gasteiger partial charge on any atom is -0.496 e.